The van der Waals surface area contributed by atoms with Crippen molar-refractivity contribution in [1.82, 2.24) is 19.9 Å². The Labute approximate surface area is 157 Å². The van der Waals surface area contributed by atoms with Gasteiger partial charge in [0.25, 0.3) is 0 Å². The number of carbonyl (C=O) groups excluding carboxylic acids is 2. The van der Waals surface area contributed by atoms with Crippen molar-refractivity contribution in [2.75, 3.05) is 0 Å². The lowest BCUT2D eigenvalue weighted by molar-refractivity contribution is -0.121. The van der Waals surface area contributed by atoms with Gasteiger partial charge in [-0.25, -0.2) is 9.50 Å². The number of benzene rings is 1. The minimum Gasteiger partial charge on any atom is -0.366 e. The summed E-state index contributed by atoms with van der Waals surface area (Å²) in [6.45, 7) is 6.24. The topological polar surface area (TPSA) is 102 Å². The number of hydrogen-bond acceptors (Lipinski definition) is 4. The quantitative estimate of drug-likeness (QED) is 0.697. The van der Waals surface area contributed by atoms with Crippen LogP contribution in [-0.4, -0.2) is 26.4 Å². The second-order valence-electron chi connectivity index (χ2n) is 6.66. The van der Waals surface area contributed by atoms with Gasteiger partial charge in [0.15, 0.2) is 5.65 Å². The number of amides is 2. The summed E-state index contributed by atoms with van der Waals surface area (Å²) >= 11 is 0. The molecule has 3 N–H and O–H groups in total. The van der Waals surface area contributed by atoms with Crippen molar-refractivity contribution < 1.29 is 9.59 Å². The lowest BCUT2D eigenvalue weighted by Gasteiger charge is -2.11. The van der Waals surface area contributed by atoms with Gasteiger partial charge in [0.2, 0.25) is 11.8 Å². The molecule has 0 aliphatic carbocycles. The van der Waals surface area contributed by atoms with Crippen molar-refractivity contribution in [3.05, 3.63) is 64.1 Å². The van der Waals surface area contributed by atoms with Gasteiger partial charge in [-0.3, -0.25) is 9.59 Å². The van der Waals surface area contributed by atoms with Crippen LogP contribution in [0.3, 0.4) is 0 Å². The SMILES string of the molecule is Cc1cc2nc(C)c(CCC(=O)NCc3cccc(C(N)=O)c3)c(C)n2n1. The number of aryl methyl sites for hydroxylation is 3. The Morgan fingerprint density at radius 3 is 2.70 bits per heavy atom. The molecule has 0 radical (unpaired) electrons. The number of rotatable bonds is 6. The van der Waals surface area contributed by atoms with Crippen LogP contribution in [0.2, 0.25) is 0 Å². The number of primary amides is 1. The molecule has 140 valence electrons. The standard InChI is InChI=1S/C20H23N5O2/c1-12-9-18-23-13(2)17(14(3)25(18)24-12)7-8-19(26)22-11-15-5-4-6-16(10-15)20(21)27/h4-6,9-10H,7-8,11H2,1-3H3,(H2,21,27)(H,22,26). The average Bonchev–Trinajstić information content (AvgIpc) is 3.00. The van der Waals surface area contributed by atoms with Crippen LogP contribution in [-0.2, 0) is 17.8 Å². The minimum atomic E-state index is -0.481. The average molecular weight is 365 g/mol. The lowest BCUT2D eigenvalue weighted by atomic mass is 10.1. The van der Waals surface area contributed by atoms with Gasteiger partial charge in [-0.15, -0.1) is 0 Å². The zero-order valence-electron chi connectivity index (χ0n) is 15.7. The van der Waals surface area contributed by atoms with Gasteiger partial charge in [-0.05, 0) is 50.5 Å². The number of nitrogens with one attached hydrogen (secondary N) is 1. The fourth-order valence-corrected chi connectivity index (χ4v) is 3.17. The predicted octanol–water partition coefficient (Wildman–Crippen LogP) is 2.00. The molecule has 0 saturated carbocycles. The second kappa shape index (κ2) is 7.57. The molecule has 0 saturated heterocycles. The van der Waals surface area contributed by atoms with Gasteiger partial charge >= 0.3 is 0 Å². The Balaban J connectivity index is 1.63. The van der Waals surface area contributed by atoms with E-state index in [2.05, 4.69) is 15.4 Å². The zero-order valence-corrected chi connectivity index (χ0v) is 15.7. The van der Waals surface area contributed by atoms with Crippen LogP contribution in [0.15, 0.2) is 30.3 Å². The smallest absolute Gasteiger partial charge is 0.248 e. The van der Waals surface area contributed by atoms with E-state index in [4.69, 9.17) is 5.73 Å². The first-order chi connectivity index (χ1) is 12.8. The largest absolute Gasteiger partial charge is 0.366 e. The van der Waals surface area contributed by atoms with Crippen molar-refractivity contribution in [1.29, 1.82) is 0 Å². The van der Waals surface area contributed by atoms with E-state index in [1.165, 1.54) is 0 Å². The summed E-state index contributed by atoms with van der Waals surface area (Å²) < 4.78 is 1.82. The van der Waals surface area contributed by atoms with Crippen LogP contribution < -0.4 is 11.1 Å². The first-order valence-electron chi connectivity index (χ1n) is 8.83. The minimum absolute atomic E-state index is 0.0602. The summed E-state index contributed by atoms with van der Waals surface area (Å²) in [4.78, 5) is 28.1. The Hall–Kier alpha value is -3.22. The number of carbonyl (C=O) groups is 2. The van der Waals surface area contributed by atoms with Gasteiger partial charge in [-0.2, -0.15) is 5.10 Å². The maximum atomic E-state index is 12.3. The lowest BCUT2D eigenvalue weighted by Crippen LogP contribution is -2.23. The van der Waals surface area contributed by atoms with Gasteiger partial charge in [0.1, 0.15) is 0 Å². The van der Waals surface area contributed by atoms with E-state index in [0.29, 0.717) is 24.9 Å². The van der Waals surface area contributed by atoms with Crippen LogP contribution in [0.5, 0.6) is 0 Å². The molecule has 0 unspecified atom stereocenters. The van der Waals surface area contributed by atoms with E-state index < -0.39 is 5.91 Å². The molecule has 0 atom stereocenters. The number of fused-ring (bicyclic) bond motifs is 1. The molecule has 7 nitrogen and oxygen atoms in total. The Kier molecular flexibility index (Phi) is 5.21. The molecule has 0 fully saturated rings. The summed E-state index contributed by atoms with van der Waals surface area (Å²) in [7, 11) is 0. The van der Waals surface area contributed by atoms with E-state index in [-0.39, 0.29) is 5.91 Å². The first kappa shape index (κ1) is 18.6. The number of nitrogens with two attached hydrogens (primary N) is 1. The van der Waals surface area contributed by atoms with Crippen molar-refractivity contribution in [3.8, 4) is 0 Å². The third kappa shape index (κ3) is 4.13. The summed E-state index contributed by atoms with van der Waals surface area (Å²) in [6, 6.07) is 8.88. The number of aromatic nitrogens is 3. The Bertz CT molecular complexity index is 1020. The highest BCUT2D eigenvalue weighted by Gasteiger charge is 2.13. The third-order valence-corrected chi connectivity index (χ3v) is 4.59. The summed E-state index contributed by atoms with van der Waals surface area (Å²) in [6.07, 6.45) is 0.942. The van der Waals surface area contributed by atoms with E-state index in [1.54, 1.807) is 18.2 Å². The molecular weight excluding hydrogens is 342 g/mol. The maximum absolute atomic E-state index is 12.3. The number of hydrogen-bond donors (Lipinski definition) is 2. The third-order valence-electron chi connectivity index (χ3n) is 4.59. The van der Waals surface area contributed by atoms with Gasteiger partial charge in [0, 0.05) is 36.0 Å². The van der Waals surface area contributed by atoms with Gasteiger partial charge < -0.3 is 11.1 Å². The molecule has 2 amide bonds. The monoisotopic (exact) mass is 365 g/mol. The summed E-state index contributed by atoms with van der Waals surface area (Å²) in [5.74, 6) is -0.541. The van der Waals surface area contributed by atoms with E-state index in [1.807, 2.05) is 37.4 Å². The van der Waals surface area contributed by atoms with Crippen LogP contribution in [0.25, 0.3) is 5.65 Å². The Morgan fingerprint density at radius 2 is 1.96 bits per heavy atom. The van der Waals surface area contributed by atoms with Crippen molar-refractivity contribution >= 4 is 17.5 Å². The summed E-state index contributed by atoms with van der Waals surface area (Å²) in [5.41, 5.74) is 11.3. The summed E-state index contributed by atoms with van der Waals surface area (Å²) in [5, 5.41) is 7.34. The molecule has 2 heterocycles. The highest BCUT2D eigenvalue weighted by atomic mass is 16.1. The van der Waals surface area contributed by atoms with E-state index in [0.717, 1.165) is 33.9 Å². The van der Waals surface area contributed by atoms with Crippen LogP contribution in [0.1, 0.15) is 45.0 Å². The molecule has 27 heavy (non-hydrogen) atoms. The molecule has 0 aliphatic rings. The molecule has 0 bridgehead atoms. The van der Waals surface area contributed by atoms with E-state index in [9.17, 15) is 9.59 Å². The molecule has 0 spiro atoms. The molecule has 1 aromatic carbocycles. The fourth-order valence-electron chi connectivity index (χ4n) is 3.17. The highest BCUT2D eigenvalue weighted by molar-refractivity contribution is 5.92. The van der Waals surface area contributed by atoms with Crippen LogP contribution >= 0.6 is 0 Å². The van der Waals surface area contributed by atoms with Crippen molar-refractivity contribution in [2.45, 2.75) is 40.2 Å². The van der Waals surface area contributed by atoms with Crippen molar-refractivity contribution in [2.24, 2.45) is 5.73 Å². The molecule has 3 rings (SSSR count). The van der Waals surface area contributed by atoms with Crippen molar-refractivity contribution in [3.63, 3.8) is 0 Å². The highest BCUT2D eigenvalue weighted by Crippen LogP contribution is 2.17. The zero-order chi connectivity index (χ0) is 19.6. The normalized spacial score (nSPS) is 10.9. The van der Waals surface area contributed by atoms with Crippen LogP contribution in [0.4, 0.5) is 0 Å². The molecular formula is C20H23N5O2. The first-order valence-corrected chi connectivity index (χ1v) is 8.83. The Morgan fingerprint density at radius 1 is 1.19 bits per heavy atom. The van der Waals surface area contributed by atoms with E-state index >= 15 is 0 Å². The predicted molar refractivity (Wildman–Crippen MR) is 102 cm³/mol. The fraction of sp³-hybridized carbons (Fsp3) is 0.300. The maximum Gasteiger partial charge on any atom is 0.248 e. The molecule has 7 heteroatoms. The van der Waals surface area contributed by atoms with Gasteiger partial charge in [0.05, 0.1) is 5.69 Å². The molecule has 2 aromatic heterocycles. The van der Waals surface area contributed by atoms with Gasteiger partial charge in [-0.1, -0.05) is 12.1 Å². The van der Waals surface area contributed by atoms with Crippen LogP contribution in [0, 0.1) is 20.8 Å². The molecule has 0 aliphatic heterocycles. The molecule has 3 aromatic rings. The second-order valence-corrected chi connectivity index (χ2v) is 6.66. The number of nitrogens with zero attached hydrogens (tertiary/aromatic N) is 3.